The molecule has 1 aromatic carbocycles. The molecule has 118 valence electrons. The van der Waals surface area contributed by atoms with Crippen LogP contribution in [0.25, 0.3) is 22.2 Å². The third-order valence-electron chi connectivity index (χ3n) is 4.37. The van der Waals surface area contributed by atoms with Gasteiger partial charge in [-0.05, 0) is 49.3 Å². The van der Waals surface area contributed by atoms with E-state index in [0.29, 0.717) is 0 Å². The summed E-state index contributed by atoms with van der Waals surface area (Å²) in [4.78, 5) is 11.4. The summed E-state index contributed by atoms with van der Waals surface area (Å²) in [5, 5.41) is 1.26. The van der Waals surface area contributed by atoms with Crippen molar-refractivity contribution in [2.75, 3.05) is 19.6 Å². The van der Waals surface area contributed by atoms with Crippen LogP contribution in [0.3, 0.4) is 0 Å². The van der Waals surface area contributed by atoms with Gasteiger partial charge in [-0.3, -0.25) is 4.98 Å². The maximum Gasteiger partial charge on any atom is 0.0713 e. The minimum absolute atomic E-state index is 1.03. The molecule has 0 aliphatic rings. The molecule has 3 nitrogen and oxygen atoms in total. The van der Waals surface area contributed by atoms with E-state index in [-0.39, 0.29) is 0 Å². The first-order valence-electron chi connectivity index (χ1n) is 8.33. The molecular formula is C20H23N3. The van der Waals surface area contributed by atoms with E-state index in [2.05, 4.69) is 54.1 Å². The molecule has 2 heterocycles. The van der Waals surface area contributed by atoms with Crippen LogP contribution in [0.1, 0.15) is 19.4 Å². The highest BCUT2D eigenvalue weighted by atomic mass is 15.1. The second-order valence-corrected chi connectivity index (χ2v) is 5.70. The summed E-state index contributed by atoms with van der Waals surface area (Å²) in [6.07, 6.45) is 4.69. The largest absolute Gasteiger partial charge is 0.304 e. The minimum atomic E-state index is 1.03. The predicted octanol–water partition coefficient (Wildman–Crippen LogP) is 4.18. The van der Waals surface area contributed by atoms with Crippen molar-refractivity contribution in [3.05, 3.63) is 60.4 Å². The number of likely N-dealkylation sites (N-methyl/N-ethyl adjacent to an activating group) is 1. The molecule has 3 rings (SSSR count). The number of pyridine rings is 2. The maximum atomic E-state index is 4.83. The fourth-order valence-corrected chi connectivity index (χ4v) is 2.94. The zero-order valence-electron chi connectivity index (χ0n) is 13.9. The van der Waals surface area contributed by atoms with Crippen molar-refractivity contribution in [3.63, 3.8) is 0 Å². The fourth-order valence-electron chi connectivity index (χ4n) is 2.94. The number of hydrogen-bond acceptors (Lipinski definition) is 3. The van der Waals surface area contributed by atoms with E-state index in [1.807, 2.05) is 24.5 Å². The van der Waals surface area contributed by atoms with Crippen molar-refractivity contribution in [2.45, 2.75) is 20.3 Å². The van der Waals surface area contributed by atoms with Crippen molar-refractivity contribution >= 4 is 10.9 Å². The smallest absolute Gasteiger partial charge is 0.0713 e. The minimum Gasteiger partial charge on any atom is -0.304 e. The van der Waals surface area contributed by atoms with Gasteiger partial charge in [-0.1, -0.05) is 32.0 Å². The van der Waals surface area contributed by atoms with Gasteiger partial charge in [0.1, 0.15) is 0 Å². The lowest BCUT2D eigenvalue weighted by atomic mass is 10.0. The highest BCUT2D eigenvalue weighted by Crippen LogP contribution is 2.25. The first kappa shape index (κ1) is 15.6. The van der Waals surface area contributed by atoms with Gasteiger partial charge in [0.2, 0.25) is 0 Å². The van der Waals surface area contributed by atoms with Crippen molar-refractivity contribution in [2.24, 2.45) is 0 Å². The molecule has 0 amide bonds. The molecule has 0 radical (unpaired) electrons. The molecule has 0 saturated carbocycles. The monoisotopic (exact) mass is 305 g/mol. The summed E-state index contributed by atoms with van der Waals surface area (Å²) in [7, 11) is 0. The Morgan fingerprint density at radius 3 is 2.43 bits per heavy atom. The van der Waals surface area contributed by atoms with E-state index in [9.17, 15) is 0 Å². The normalized spacial score (nSPS) is 11.3. The van der Waals surface area contributed by atoms with Crippen LogP contribution in [0, 0.1) is 0 Å². The number of para-hydroxylation sites is 1. The lowest BCUT2D eigenvalue weighted by Gasteiger charge is -2.18. The third kappa shape index (κ3) is 3.57. The van der Waals surface area contributed by atoms with E-state index in [0.717, 1.165) is 42.8 Å². The zero-order chi connectivity index (χ0) is 16.1. The molecule has 0 unspecified atom stereocenters. The topological polar surface area (TPSA) is 29.0 Å². The zero-order valence-corrected chi connectivity index (χ0v) is 13.9. The number of hydrogen-bond donors (Lipinski definition) is 0. The van der Waals surface area contributed by atoms with E-state index < -0.39 is 0 Å². The summed E-state index contributed by atoms with van der Waals surface area (Å²) in [6.45, 7) is 7.71. The lowest BCUT2D eigenvalue weighted by molar-refractivity contribution is 0.308. The molecule has 0 saturated heterocycles. The van der Waals surface area contributed by atoms with Crippen molar-refractivity contribution in [3.8, 4) is 11.3 Å². The highest BCUT2D eigenvalue weighted by Gasteiger charge is 2.08. The van der Waals surface area contributed by atoms with Crippen LogP contribution >= 0.6 is 0 Å². The predicted molar refractivity (Wildman–Crippen MR) is 96.5 cm³/mol. The summed E-state index contributed by atoms with van der Waals surface area (Å²) in [6, 6.07) is 14.7. The quantitative estimate of drug-likeness (QED) is 0.684. The third-order valence-corrected chi connectivity index (χ3v) is 4.37. The fraction of sp³-hybridized carbons (Fsp3) is 0.300. The molecule has 0 N–H and O–H groups in total. The Kier molecular flexibility index (Phi) is 4.99. The molecular weight excluding hydrogens is 282 g/mol. The van der Waals surface area contributed by atoms with Crippen LogP contribution in [0.15, 0.2) is 54.9 Å². The Hall–Kier alpha value is -2.26. The van der Waals surface area contributed by atoms with Crippen LogP contribution < -0.4 is 0 Å². The van der Waals surface area contributed by atoms with Gasteiger partial charge in [0.15, 0.2) is 0 Å². The van der Waals surface area contributed by atoms with Gasteiger partial charge in [0.25, 0.3) is 0 Å². The van der Waals surface area contributed by atoms with E-state index in [4.69, 9.17) is 4.98 Å². The standard InChI is InChI=1S/C20H23N3/c1-3-23(4-2)14-11-17-15-20(16-9-12-21-13-10-16)22-19-8-6-5-7-18(17)19/h5-10,12-13,15H,3-4,11,14H2,1-2H3. The SMILES string of the molecule is CCN(CC)CCc1cc(-c2ccncc2)nc2ccccc12. The second kappa shape index (κ2) is 7.34. The highest BCUT2D eigenvalue weighted by molar-refractivity contribution is 5.85. The van der Waals surface area contributed by atoms with Gasteiger partial charge in [0, 0.05) is 29.9 Å². The molecule has 3 aromatic rings. The van der Waals surface area contributed by atoms with Gasteiger partial charge in [0.05, 0.1) is 11.2 Å². The Labute approximate surface area is 138 Å². The summed E-state index contributed by atoms with van der Waals surface area (Å²) >= 11 is 0. The Morgan fingerprint density at radius 2 is 1.70 bits per heavy atom. The molecule has 23 heavy (non-hydrogen) atoms. The first-order chi connectivity index (χ1) is 11.3. The van der Waals surface area contributed by atoms with Gasteiger partial charge in [-0.2, -0.15) is 0 Å². The molecule has 0 atom stereocenters. The lowest BCUT2D eigenvalue weighted by Crippen LogP contribution is -2.25. The van der Waals surface area contributed by atoms with Gasteiger partial charge < -0.3 is 4.90 Å². The van der Waals surface area contributed by atoms with E-state index in [1.165, 1.54) is 10.9 Å². The average molecular weight is 305 g/mol. The summed E-state index contributed by atoms with van der Waals surface area (Å²) in [5.41, 5.74) is 4.58. The van der Waals surface area contributed by atoms with Crippen molar-refractivity contribution in [1.82, 2.24) is 14.9 Å². The number of rotatable bonds is 6. The van der Waals surface area contributed by atoms with Gasteiger partial charge in [-0.25, -0.2) is 4.98 Å². The summed E-state index contributed by atoms with van der Waals surface area (Å²) < 4.78 is 0. The Bertz CT molecular complexity index is 764. The van der Waals surface area contributed by atoms with Crippen LogP contribution in [0.2, 0.25) is 0 Å². The van der Waals surface area contributed by atoms with Gasteiger partial charge >= 0.3 is 0 Å². The van der Waals surface area contributed by atoms with E-state index in [1.54, 1.807) is 0 Å². The number of aromatic nitrogens is 2. The molecule has 3 heteroatoms. The molecule has 0 bridgehead atoms. The molecule has 2 aromatic heterocycles. The maximum absolute atomic E-state index is 4.83. The van der Waals surface area contributed by atoms with Crippen LogP contribution in [-0.2, 0) is 6.42 Å². The molecule has 0 spiro atoms. The Balaban J connectivity index is 2.01. The average Bonchev–Trinajstić information content (AvgIpc) is 2.63. The number of nitrogens with zero attached hydrogens (tertiary/aromatic N) is 3. The van der Waals surface area contributed by atoms with E-state index >= 15 is 0 Å². The van der Waals surface area contributed by atoms with Crippen LogP contribution in [0.4, 0.5) is 0 Å². The Morgan fingerprint density at radius 1 is 0.957 bits per heavy atom. The second-order valence-electron chi connectivity index (χ2n) is 5.70. The summed E-state index contributed by atoms with van der Waals surface area (Å²) in [5.74, 6) is 0. The van der Waals surface area contributed by atoms with Crippen molar-refractivity contribution < 1.29 is 0 Å². The number of benzene rings is 1. The number of fused-ring (bicyclic) bond motifs is 1. The van der Waals surface area contributed by atoms with Gasteiger partial charge in [-0.15, -0.1) is 0 Å². The molecule has 0 aliphatic heterocycles. The van der Waals surface area contributed by atoms with Crippen LogP contribution in [0.5, 0.6) is 0 Å². The first-order valence-corrected chi connectivity index (χ1v) is 8.33. The molecule has 0 aliphatic carbocycles. The van der Waals surface area contributed by atoms with Crippen molar-refractivity contribution in [1.29, 1.82) is 0 Å². The van der Waals surface area contributed by atoms with Crippen LogP contribution in [-0.4, -0.2) is 34.5 Å². The molecule has 0 fully saturated rings.